The fourth-order valence-corrected chi connectivity index (χ4v) is 2.43. The van der Waals surface area contributed by atoms with Gasteiger partial charge in [0, 0.05) is 4.91 Å². The fourth-order valence-electron chi connectivity index (χ4n) is 1.90. The largest absolute Gasteiger partial charge is 0.231 e. The normalized spacial score (nSPS) is 12.3. The highest BCUT2D eigenvalue weighted by Crippen LogP contribution is 2.12. The molecule has 0 aromatic carbocycles. The minimum atomic E-state index is -2.62. The standard InChI is InChI=1S/C12H25N3O2S/c1-2-3-4-5-6-7-8-9-10-11-12(14-15-13)18(16)17/h12,18H,2-11H2,1H3. The van der Waals surface area contributed by atoms with E-state index in [0.717, 1.165) is 19.3 Å². The van der Waals surface area contributed by atoms with Crippen LogP contribution < -0.4 is 0 Å². The molecule has 0 bridgehead atoms. The number of rotatable bonds is 12. The predicted molar refractivity (Wildman–Crippen MR) is 75.1 cm³/mol. The molecule has 0 saturated carbocycles. The molecule has 0 aliphatic carbocycles. The van der Waals surface area contributed by atoms with Gasteiger partial charge in [-0.2, -0.15) is 0 Å². The maximum absolute atomic E-state index is 10.7. The van der Waals surface area contributed by atoms with E-state index in [9.17, 15) is 8.42 Å². The van der Waals surface area contributed by atoms with Crippen molar-refractivity contribution in [3.8, 4) is 0 Å². The minimum absolute atomic E-state index is 0.457. The molecule has 0 N–H and O–H groups in total. The lowest BCUT2D eigenvalue weighted by Gasteiger charge is -2.04. The molecule has 1 unspecified atom stereocenters. The Bertz CT molecular complexity index is 304. The number of hydrogen-bond acceptors (Lipinski definition) is 3. The van der Waals surface area contributed by atoms with Crippen molar-refractivity contribution in [3.05, 3.63) is 10.4 Å². The number of azide groups is 1. The van der Waals surface area contributed by atoms with Crippen LogP contribution in [0, 0.1) is 0 Å². The summed E-state index contributed by atoms with van der Waals surface area (Å²) in [6.07, 6.45) is 11.2. The Hall–Kier alpha value is -0.740. The molecule has 0 aliphatic heterocycles. The summed E-state index contributed by atoms with van der Waals surface area (Å²) in [7, 11) is -2.62. The SMILES string of the molecule is CCCCCCCCCCCC(N=[N+]=[N-])[SH](=O)=O. The molecule has 0 fully saturated rings. The zero-order valence-electron chi connectivity index (χ0n) is 11.3. The summed E-state index contributed by atoms with van der Waals surface area (Å²) in [4.78, 5) is 2.56. The monoisotopic (exact) mass is 275 g/mol. The topological polar surface area (TPSA) is 82.9 Å². The highest BCUT2D eigenvalue weighted by atomic mass is 32.2. The van der Waals surface area contributed by atoms with Crippen LogP contribution in [0.5, 0.6) is 0 Å². The van der Waals surface area contributed by atoms with Gasteiger partial charge in [0.25, 0.3) is 0 Å². The van der Waals surface area contributed by atoms with Gasteiger partial charge in [-0.15, -0.1) is 0 Å². The van der Waals surface area contributed by atoms with E-state index in [1.54, 1.807) is 0 Å². The molecule has 18 heavy (non-hydrogen) atoms. The van der Waals surface area contributed by atoms with Crippen molar-refractivity contribution in [2.75, 3.05) is 0 Å². The Morgan fingerprint density at radius 2 is 1.50 bits per heavy atom. The van der Waals surface area contributed by atoms with Crippen molar-refractivity contribution in [3.63, 3.8) is 0 Å². The Balaban J connectivity index is 3.41. The molecule has 0 saturated heterocycles. The van der Waals surface area contributed by atoms with E-state index in [0.29, 0.717) is 6.42 Å². The lowest BCUT2D eigenvalue weighted by molar-refractivity contribution is 0.544. The van der Waals surface area contributed by atoms with Crippen molar-refractivity contribution < 1.29 is 8.42 Å². The number of thiol groups is 1. The maximum Gasteiger partial charge on any atom is 0.148 e. The van der Waals surface area contributed by atoms with Gasteiger partial charge < -0.3 is 0 Å². The fraction of sp³-hybridized carbons (Fsp3) is 1.00. The summed E-state index contributed by atoms with van der Waals surface area (Å²) in [5.74, 6) is 0. The van der Waals surface area contributed by atoms with Crippen LogP contribution in [0.2, 0.25) is 0 Å². The molecule has 0 radical (unpaired) electrons. The van der Waals surface area contributed by atoms with Gasteiger partial charge in [0.2, 0.25) is 0 Å². The van der Waals surface area contributed by atoms with Gasteiger partial charge in [-0.05, 0) is 12.0 Å². The first-order valence-corrected chi connectivity index (χ1v) is 8.14. The van der Waals surface area contributed by atoms with Crippen molar-refractivity contribution >= 4 is 10.7 Å². The zero-order chi connectivity index (χ0) is 13.6. The molecule has 0 rings (SSSR count). The van der Waals surface area contributed by atoms with Crippen LogP contribution in [0.15, 0.2) is 5.11 Å². The Morgan fingerprint density at radius 1 is 1.00 bits per heavy atom. The summed E-state index contributed by atoms with van der Waals surface area (Å²) >= 11 is 0. The highest BCUT2D eigenvalue weighted by molar-refractivity contribution is 7.73. The Morgan fingerprint density at radius 3 is 1.94 bits per heavy atom. The van der Waals surface area contributed by atoms with Crippen molar-refractivity contribution in [1.29, 1.82) is 0 Å². The van der Waals surface area contributed by atoms with Crippen LogP contribution in [0.3, 0.4) is 0 Å². The molecule has 6 heteroatoms. The second kappa shape index (κ2) is 12.7. The molecule has 1 atom stereocenters. The summed E-state index contributed by atoms with van der Waals surface area (Å²) in [6, 6.07) is 0. The molecule has 5 nitrogen and oxygen atoms in total. The van der Waals surface area contributed by atoms with Crippen molar-refractivity contribution in [2.45, 2.75) is 76.5 Å². The van der Waals surface area contributed by atoms with Crippen molar-refractivity contribution in [1.82, 2.24) is 0 Å². The molecule has 0 amide bonds. The smallest absolute Gasteiger partial charge is 0.148 e. The van der Waals surface area contributed by atoms with Crippen molar-refractivity contribution in [2.24, 2.45) is 5.11 Å². The number of nitrogens with zero attached hydrogens (tertiary/aromatic N) is 3. The van der Waals surface area contributed by atoms with Gasteiger partial charge in [0.1, 0.15) is 16.1 Å². The molecule has 0 heterocycles. The summed E-state index contributed by atoms with van der Waals surface area (Å²) in [6.45, 7) is 2.21. The van der Waals surface area contributed by atoms with Crippen LogP contribution in [0.25, 0.3) is 10.4 Å². The third-order valence-electron chi connectivity index (χ3n) is 2.99. The van der Waals surface area contributed by atoms with Gasteiger partial charge in [-0.25, -0.2) is 8.42 Å². The molecular formula is C12H25N3O2S. The second-order valence-corrected chi connectivity index (χ2v) is 5.75. The highest BCUT2D eigenvalue weighted by Gasteiger charge is 2.07. The molecule has 0 spiro atoms. The third-order valence-corrected chi connectivity index (χ3v) is 3.84. The average Bonchev–Trinajstić information content (AvgIpc) is 2.35. The van der Waals surface area contributed by atoms with Gasteiger partial charge >= 0.3 is 0 Å². The van der Waals surface area contributed by atoms with E-state index < -0.39 is 16.1 Å². The van der Waals surface area contributed by atoms with E-state index in [4.69, 9.17) is 5.53 Å². The molecule has 0 aromatic rings. The maximum atomic E-state index is 10.7. The average molecular weight is 275 g/mol. The van der Waals surface area contributed by atoms with Gasteiger partial charge in [0.05, 0.1) is 0 Å². The van der Waals surface area contributed by atoms with E-state index in [-0.39, 0.29) is 0 Å². The lowest BCUT2D eigenvalue weighted by atomic mass is 10.1. The molecule has 106 valence electrons. The summed E-state index contributed by atoms with van der Waals surface area (Å²) in [5, 5.41) is 2.42. The molecular weight excluding hydrogens is 250 g/mol. The minimum Gasteiger partial charge on any atom is -0.231 e. The molecule has 0 aliphatic rings. The first-order chi connectivity index (χ1) is 8.72. The zero-order valence-corrected chi connectivity index (χ0v) is 12.1. The van der Waals surface area contributed by atoms with Gasteiger partial charge in [0.15, 0.2) is 0 Å². The van der Waals surface area contributed by atoms with E-state index in [2.05, 4.69) is 16.9 Å². The summed E-state index contributed by atoms with van der Waals surface area (Å²) < 4.78 is 21.5. The Labute approximate surface area is 112 Å². The molecule has 0 aromatic heterocycles. The van der Waals surface area contributed by atoms with Crippen LogP contribution in [-0.2, 0) is 10.7 Å². The second-order valence-electron chi connectivity index (χ2n) is 4.59. The first-order valence-electron chi connectivity index (χ1n) is 6.90. The van der Waals surface area contributed by atoms with Crippen LogP contribution in [-0.4, -0.2) is 13.8 Å². The van der Waals surface area contributed by atoms with Gasteiger partial charge in [-0.1, -0.05) is 69.8 Å². The predicted octanol–water partition coefficient (Wildman–Crippen LogP) is 4.16. The first kappa shape index (κ1) is 17.3. The Kier molecular flexibility index (Phi) is 12.2. The quantitative estimate of drug-likeness (QED) is 0.191. The van der Waals surface area contributed by atoms with Crippen LogP contribution >= 0.6 is 0 Å². The third kappa shape index (κ3) is 10.4. The number of unbranched alkanes of at least 4 members (excludes halogenated alkanes) is 8. The van der Waals surface area contributed by atoms with Crippen LogP contribution in [0.4, 0.5) is 0 Å². The summed E-state index contributed by atoms with van der Waals surface area (Å²) in [5.41, 5.74) is 8.22. The number of hydrogen-bond donors (Lipinski definition) is 1. The van der Waals surface area contributed by atoms with E-state index in [1.165, 1.54) is 38.5 Å². The van der Waals surface area contributed by atoms with E-state index in [1.807, 2.05) is 0 Å². The van der Waals surface area contributed by atoms with Gasteiger partial charge in [-0.3, -0.25) is 0 Å². The van der Waals surface area contributed by atoms with Crippen LogP contribution in [0.1, 0.15) is 71.1 Å². The van der Waals surface area contributed by atoms with E-state index >= 15 is 0 Å². The lowest BCUT2D eigenvalue weighted by Crippen LogP contribution is -2.04.